The van der Waals surface area contributed by atoms with E-state index in [0.29, 0.717) is 5.69 Å². The van der Waals surface area contributed by atoms with E-state index in [2.05, 4.69) is 22.2 Å². The summed E-state index contributed by atoms with van der Waals surface area (Å²) in [5.41, 5.74) is 2.88. The number of carbonyl (C=O) groups excluding carboxylic acids is 2. The van der Waals surface area contributed by atoms with Crippen molar-refractivity contribution < 1.29 is 18.4 Å². The molecule has 2 fully saturated rings. The summed E-state index contributed by atoms with van der Waals surface area (Å²) in [5.74, 6) is -2.77. The number of hydrogen-bond acceptors (Lipinski definition) is 4. The second-order valence-electron chi connectivity index (χ2n) is 8.28. The highest BCUT2D eigenvalue weighted by molar-refractivity contribution is 6.03. The van der Waals surface area contributed by atoms with Gasteiger partial charge in [0.05, 0.1) is 11.6 Å². The van der Waals surface area contributed by atoms with Gasteiger partial charge in [-0.1, -0.05) is 0 Å². The molecular weight excluding hydrogens is 402 g/mol. The summed E-state index contributed by atoms with van der Waals surface area (Å²) in [6.45, 7) is 6.02. The fourth-order valence-electron chi connectivity index (χ4n) is 4.20. The van der Waals surface area contributed by atoms with E-state index in [-0.39, 0.29) is 30.5 Å². The zero-order chi connectivity index (χ0) is 22.1. The molecule has 2 heterocycles. The van der Waals surface area contributed by atoms with E-state index >= 15 is 0 Å². The summed E-state index contributed by atoms with van der Waals surface area (Å²) in [4.78, 5) is 30.9. The predicted molar refractivity (Wildman–Crippen MR) is 116 cm³/mol. The summed E-state index contributed by atoms with van der Waals surface area (Å²) in [7, 11) is 2.11. The van der Waals surface area contributed by atoms with Crippen LogP contribution in [-0.2, 0) is 9.59 Å². The molecule has 1 atom stereocenters. The number of carbonyl (C=O) groups is 2. The maximum absolute atomic E-state index is 14.1. The molecule has 0 aliphatic carbocycles. The quantitative estimate of drug-likeness (QED) is 0.814. The number of nitrogens with one attached hydrogen (secondary N) is 1. The van der Waals surface area contributed by atoms with Crippen LogP contribution in [0.25, 0.3) is 0 Å². The molecular formula is C23H26F2N4O2. The molecule has 4 rings (SSSR count). The highest BCUT2D eigenvalue weighted by Crippen LogP contribution is 2.29. The number of aryl methyl sites for hydroxylation is 1. The largest absolute Gasteiger partial charge is 0.369 e. The van der Waals surface area contributed by atoms with Crippen molar-refractivity contribution in [2.45, 2.75) is 13.3 Å². The molecule has 0 saturated carbocycles. The Morgan fingerprint density at radius 1 is 1.03 bits per heavy atom. The molecule has 2 amide bonds. The lowest BCUT2D eigenvalue weighted by molar-refractivity contribution is -0.122. The number of halogens is 2. The minimum absolute atomic E-state index is 0.00549. The Bertz CT molecular complexity index is 1010. The number of rotatable bonds is 4. The van der Waals surface area contributed by atoms with Crippen molar-refractivity contribution in [3.63, 3.8) is 0 Å². The van der Waals surface area contributed by atoms with Gasteiger partial charge in [0.2, 0.25) is 11.8 Å². The van der Waals surface area contributed by atoms with Crippen molar-refractivity contribution in [3.05, 3.63) is 53.6 Å². The van der Waals surface area contributed by atoms with E-state index in [1.807, 2.05) is 25.1 Å². The van der Waals surface area contributed by atoms with Crippen LogP contribution in [0, 0.1) is 24.5 Å². The van der Waals surface area contributed by atoms with Gasteiger partial charge in [-0.3, -0.25) is 9.59 Å². The van der Waals surface area contributed by atoms with Crippen LogP contribution in [0.5, 0.6) is 0 Å². The molecule has 0 bridgehead atoms. The van der Waals surface area contributed by atoms with Crippen LogP contribution >= 0.6 is 0 Å². The topological polar surface area (TPSA) is 55.9 Å². The monoisotopic (exact) mass is 428 g/mol. The molecule has 0 aromatic heterocycles. The van der Waals surface area contributed by atoms with Crippen molar-refractivity contribution in [2.24, 2.45) is 5.92 Å². The van der Waals surface area contributed by atoms with E-state index in [4.69, 9.17) is 0 Å². The average Bonchev–Trinajstić information content (AvgIpc) is 3.11. The molecule has 6 nitrogen and oxygen atoms in total. The van der Waals surface area contributed by atoms with Crippen molar-refractivity contribution in [1.29, 1.82) is 0 Å². The fraction of sp³-hybridized carbons (Fsp3) is 0.391. The van der Waals surface area contributed by atoms with Gasteiger partial charge in [-0.15, -0.1) is 0 Å². The van der Waals surface area contributed by atoms with Crippen LogP contribution < -0.4 is 15.1 Å². The number of benzene rings is 2. The lowest BCUT2D eigenvalue weighted by atomic mass is 10.1. The predicted octanol–water partition coefficient (Wildman–Crippen LogP) is 3.02. The van der Waals surface area contributed by atoms with Gasteiger partial charge in [0.1, 0.15) is 11.6 Å². The third-order valence-electron chi connectivity index (χ3n) is 6.00. The zero-order valence-electron chi connectivity index (χ0n) is 17.7. The molecule has 1 N–H and O–H groups in total. The van der Waals surface area contributed by atoms with Crippen LogP contribution in [-0.4, -0.2) is 56.5 Å². The molecule has 2 saturated heterocycles. The van der Waals surface area contributed by atoms with E-state index in [0.717, 1.165) is 49.6 Å². The minimum atomic E-state index is -0.815. The van der Waals surface area contributed by atoms with Gasteiger partial charge < -0.3 is 20.0 Å². The van der Waals surface area contributed by atoms with Gasteiger partial charge in [-0.25, -0.2) is 8.78 Å². The number of piperazine rings is 1. The number of anilines is 3. The molecule has 0 radical (unpaired) electrons. The molecule has 0 spiro atoms. The molecule has 1 unspecified atom stereocenters. The molecule has 8 heteroatoms. The van der Waals surface area contributed by atoms with Gasteiger partial charge in [-0.2, -0.15) is 0 Å². The third kappa shape index (κ3) is 4.54. The van der Waals surface area contributed by atoms with Crippen molar-refractivity contribution in [3.8, 4) is 0 Å². The van der Waals surface area contributed by atoms with Crippen LogP contribution in [0.1, 0.15) is 12.0 Å². The Balaban J connectivity index is 1.41. The second kappa shape index (κ2) is 8.63. The SMILES string of the molecule is Cc1cc(NC(=O)C2CC(=O)N(c3ccc(F)cc3F)C2)ccc1N1CCN(C)CC1. The first-order valence-corrected chi connectivity index (χ1v) is 10.4. The van der Waals surface area contributed by atoms with Gasteiger partial charge in [0.25, 0.3) is 0 Å². The highest BCUT2D eigenvalue weighted by atomic mass is 19.1. The standard InChI is InChI=1S/C23H26F2N4O2/c1-15-11-18(4-6-20(15)28-9-7-27(2)8-10-28)26-23(31)16-12-22(30)29(14-16)21-5-3-17(24)13-19(21)25/h3-6,11,13,16H,7-10,12,14H2,1-2H3,(H,26,31). The lowest BCUT2D eigenvalue weighted by Gasteiger charge is -2.35. The lowest BCUT2D eigenvalue weighted by Crippen LogP contribution is -2.44. The maximum atomic E-state index is 14.1. The van der Waals surface area contributed by atoms with E-state index in [1.54, 1.807) is 0 Å². The number of amides is 2. The number of likely N-dealkylation sites (N-methyl/N-ethyl adjacent to an activating group) is 1. The fourth-order valence-corrected chi connectivity index (χ4v) is 4.20. The smallest absolute Gasteiger partial charge is 0.229 e. The molecule has 31 heavy (non-hydrogen) atoms. The summed E-state index contributed by atoms with van der Waals surface area (Å²) in [5, 5.41) is 2.88. The van der Waals surface area contributed by atoms with E-state index in [1.165, 1.54) is 11.0 Å². The van der Waals surface area contributed by atoms with E-state index < -0.39 is 17.6 Å². The van der Waals surface area contributed by atoms with Crippen LogP contribution in [0.4, 0.5) is 25.8 Å². The summed E-state index contributed by atoms with van der Waals surface area (Å²) in [6.07, 6.45) is -0.0129. The Kier molecular flexibility index (Phi) is 5.91. The van der Waals surface area contributed by atoms with Crippen molar-refractivity contribution in [1.82, 2.24) is 4.90 Å². The first-order chi connectivity index (χ1) is 14.8. The summed E-state index contributed by atoms with van der Waals surface area (Å²) >= 11 is 0. The first-order valence-electron chi connectivity index (χ1n) is 10.4. The van der Waals surface area contributed by atoms with Gasteiger partial charge in [0.15, 0.2) is 0 Å². The summed E-state index contributed by atoms with van der Waals surface area (Å²) in [6, 6.07) is 8.87. The first kappa shape index (κ1) is 21.2. The van der Waals surface area contributed by atoms with Crippen LogP contribution in [0.2, 0.25) is 0 Å². The van der Waals surface area contributed by atoms with Crippen LogP contribution in [0.15, 0.2) is 36.4 Å². The molecule has 2 aliphatic rings. The van der Waals surface area contributed by atoms with Gasteiger partial charge in [-0.05, 0) is 49.9 Å². The Morgan fingerprint density at radius 3 is 2.42 bits per heavy atom. The van der Waals surface area contributed by atoms with Crippen LogP contribution in [0.3, 0.4) is 0 Å². The summed E-state index contributed by atoms with van der Waals surface area (Å²) < 4.78 is 27.2. The zero-order valence-corrected chi connectivity index (χ0v) is 17.7. The van der Waals surface area contributed by atoms with E-state index in [9.17, 15) is 18.4 Å². The third-order valence-corrected chi connectivity index (χ3v) is 6.00. The molecule has 2 aliphatic heterocycles. The number of hydrogen-bond donors (Lipinski definition) is 1. The van der Waals surface area contributed by atoms with Gasteiger partial charge >= 0.3 is 0 Å². The van der Waals surface area contributed by atoms with Gasteiger partial charge in [0, 0.05) is 56.6 Å². The normalized spacial score (nSPS) is 19.7. The Labute approximate surface area is 180 Å². The average molecular weight is 428 g/mol. The highest BCUT2D eigenvalue weighted by Gasteiger charge is 2.36. The second-order valence-corrected chi connectivity index (χ2v) is 8.28. The van der Waals surface area contributed by atoms with Crippen molar-refractivity contribution >= 4 is 28.9 Å². The minimum Gasteiger partial charge on any atom is -0.369 e. The maximum Gasteiger partial charge on any atom is 0.229 e. The molecule has 2 aromatic rings. The Hall–Kier alpha value is -3.00. The molecule has 2 aromatic carbocycles. The Morgan fingerprint density at radius 2 is 1.74 bits per heavy atom. The number of nitrogens with zero attached hydrogens (tertiary/aromatic N) is 3. The molecule has 164 valence electrons. The van der Waals surface area contributed by atoms with Crippen molar-refractivity contribution in [2.75, 3.05) is 54.9 Å².